The van der Waals surface area contributed by atoms with E-state index in [1.54, 1.807) is 0 Å². The first-order valence-electron chi connectivity index (χ1n) is 31.1. The molecule has 416 valence electrons. The van der Waals surface area contributed by atoms with Gasteiger partial charge in [0, 0.05) is 50.8 Å². The van der Waals surface area contributed by atoms with E-state index >= 15 is 0 Å². The van der Waals surface area contributed by atoms with Gasteiger partial charge in [-0.3, -0.25) is 0 Å². The lowest BCUT2D eigenvalue weighted by atomic mass is 9.33. The molecule has 14 rings (SSSR count). The maximum Gasteiger partial charge on any atom is 0.252 e. The lowest BCUT2D eigenvalue weighted by molar-refractivity contribution is 0.245. The number of nitrogens with zero attached hydrogens (tertiary/aromatic N) is 3. The average molecular weight is 1080 g/mol. The Labute approximate surface area is 492 Å². The summed E-state index contributed by atoms with van der Waals surface area (Å²) in [5.74, 6) is 0. The second-order valence-corrected chi connectivity index (χ2v) is 31.0. The monoisotopic (exact) mass is 1080 g/mol. The smallest absolute Gasteiger partial charge is 0.252 e. The lowest BCUT2D eigenvalue weighted by Crippen LogP contribution is -2.62. The third-order valence-corrected chi connectivity index (χ3v) is 22.1. The standard InChI is InChI=1S/C78H86BN3/c1-71(2,3)51-30-34-64(55(42-51)49-24-18-17-19-25-49)81-66-29-23-22-28-62(66)79-63-47-59-60(76(13,14)41-40-75(59,11)12)48-67(63)80(53-32-33-57-58(44-53)74(9,10)39-38-73(57,7)8)68-45-54(46-69(81)70(68)79)82-65-35-31-52(72(4,5)6)43-61(65)77(15)37-36-50-26-20-21-27-56(50)78(77,82)16/h17-35,42-48H,36-41H2,1-16H3. The predicted molar refractivity (Wildman–Crippen MR) is 352 cm³/mol. The average Bonchev–Trinajstić information content (AvgIpc) is 3.66. The first-order valence-corrected chi connectivity index (χ1v) is 31.1. The third kappa shape index (κ3) is 7.53. The van der Waals surface area contributed by atoms with Crippen LogP contribution in [0.15, 0.2) is 158 Å². The molecule has 8 aromatic rings. The number of hydrogen-bond donors (Lipinski definition) is 0. The Morgan fingerprint density at radius 1 is 0.378 bits per heavy atom. The summed E-state index contributed by atoms with van der Waals surface area (Å²) in [6.07, 6.45) is 6.77. The van der Waals surface area contributed by atoms with Gasteiger partial charge in [-0.05, 0) is 205 Å². The van der Waals surface area contributed by atoms with Gasteiger partial charge in [0.05, 0.1) is 11.2 Å². The molecule has 0 saturated heterocycles. The highest BCUT2D eigenvalue weighted by Gasteiger charge is 2.61. The van der Waals surface area contributed by atoms with Crippen LogP contribution in [-0.4, -0.2) is 6.71 Å². The Morgan fingerprint density at radius 3 is 1.61 bits per heavy atom. The van der Waals surface area contributed by atoms with Crippen LogP contribution in [0, 0.1) is 0 Å². The summed E-state index contributed by atoms with van der Waals surface area (Å²) in [5.41, 5.74) is 29.2. The molecule has 0 saturated carbocycles. The fourth-order valence-electron chi connectivity index (χ4n) is 16.6. The summed E-state index contributed by atoms with van der Waals surface area (Å²) >= 11 is 0. The zero-order valence-electron chi connectivity index (χ0n) is 52.2. The number of hydrogen-bond acceptors (Lipinski definition) is 3. The Kier molecular flexibility index (Phi) is 11.3. The minimum atomic E-state index is -0.421. The summed E-state index contributed by atoms with van der Waals surface area (Å²) in [6.45, 7) is 39.3. The summed E-state index contributed by atoms with van der Waals surface area (Å²) in [5, 5.41) is 0. The van der Waals surface area contributed by atoms with Gasteiger partial charge in [0.2, 0.25) is 0 Å². The molecule has 0 radical (unpaired) electrons. The molecule has 0 spiro atoms. The molecule has 8 aromatic carbocycles. The molecule has 4 heteroatoms. The molecule has 0 bridgehead atoms. The molecule has 0 aromatic heterocycles. The van der Waals surface area contributed by atoms with Crippen molar-refractivity contribution in [3.05, 3.63) is 208 Å². The van der Waals surface area contributed by atoms with Crippen molar-refractivity contribution in [1.29, 1.82) is 0 Å². The highest BCUT2D eigenvalue weighted by Crippen LogP contribution is 2.65. The van der Waals surface area contributed by atoms with E-state index in [1.807, 2.05) is 0 Å². The van der Waals surface area contributed by atoms with Gasteiger partial charge in [-0.1, -0.05) is 207 Å². The van der Waals surface area contributed by atoms with E-state index in [4.69, 9.17) is 0 Å². The van der Waals surface area contributed by atoms with Crippen LogP contribution in [0.2, 0.25) is 0 Å². The number of anilines is 8. The van der Waals surface area contributed by atoms with E-state index in [9.17, 15) is 0 Å². The molecule has 3 heterocycles. The van der Waals surface area contributed by atoms with Crippen molar-refractivity contribution in [1.82, 2.24) is 0 Å². The van der Waals surface area contributed by atoms with Gasteiger partial charge in [0.25, 0.3) is 6.71 Å². The van der Waals surface area contributed by atoms with Crippen molar-refractivity contribution in [2.75, 3.05) is 14.7 Å². The normalized spacial score (nSPS) is 22.0. The number of fused-ring (bicyclic) bond motifs is 11. The summed E-state index contributed by atoms with van der Waals surface area (Å²) < 4.78 is 0. The molecular weight excluding hydrogens is 990 g/mol. The van der Waals surface area contributed by atoms with E-state index in [2.05, 4.69) is 283 Å². The first kappa shape index (κ1) is 53.2. The SMILES string of the molecule is CC(C)(C)c1ccc(N2c3ccccc3B3c4cc5c(cc4N(c4ccc6c(c4)C(C)(C)CCC6(C)C)c4cc(N6c7ccc(C(C)(C)C)cc7C7(C)CCc8ccccc8C67C)cc2c43)C(C)(C)CCC5(C)C)c(-c2ccccc2)c1. The van der Waals surface area contributed by atoms with Crippen LogP contribution < -0.4 is 31.1 Å². The molecular formula is C78H86BN3. The molecule has 6 aliphatic rings. The number of benzene rings is 8. The number of rotatable bonds is 4. The summed E-state index contributed by atoms with van der Waals surface area (Å²) in [4.78, 5) is 8.31. The van der Waals surface area contributed by atoms with Crippen LogP contribution in [0.5, 0.6) is 0 Å². The van der Waals surface area contributed by atoms with Crippen molar-refractivity contribution in [2.24, 2.45) is 0 Å². The summed E-state index contributed by atoms with van der Waals surface area (Å²) in [7, 11) is 0. The second-order valence-electron chi connectivity index (χ2n) is 31.0. The van der Waals surface area contributed by atoms with Crippen LogP contribution in [0.25, 0.3) is 11.1 Å². The highest BCUT2D eigenvalue weighted by atomic mass is 15.3. The van der Waals surface area contributed by atoms with E-state index < -0.39 is 5.54 Å². The molecule has 0 N–H and O–H groups in total. The Bertz CT molecular complexity index is 3970. The minimum Gasteiger partial charge on any atom is -0.330 e. The molecule has 3 aliphatic carbocycles. The van der Waals surface area contributed by atoms with Crippen molar-refractivity contribution in [3.8, 4) is 11.1 Å². The molecule has 3 aliphatic heterocycles. The van der Waals surface area contributed by atoms with E-state index in [0.717, 1.165) is 32.1 Å². The van der Waals surface area contributed by atoms with Crippen LogP contribution >= 0.6 is 0 Å². The Morgan fingerprint density at radius 2 is 0.939 bits per heavy atom. The molecule has 0 amide bonds. The second kappa shape index (κ2) is 17.4. The van der Waals surface area contributed by atoms with E-state index in [0.29, 0.717) is 0 Å². The highest BCUT2D eigenvalue weighted by molar-refractivity contribution is 7.00. The van der Waals surface area contributed by atoms with Crippen molar-refractivity contribution >= 4 is 68.6 Å². The van der Waals surface area contributed by atoms with E-state index in [-0.39, 0.29) is 44.6 Å². The quantitative estimate of drug-likeness (QED) is 0.163. The fraction of sp³-hybridized carbons (Fsp3) is 0.385. The third-order valence-electron chi connectivity index (χ3n) is 22.1. The molecule has 2 unspecified atom stereocenters. The molecule has 82 heavy (non-hydrogen) atoms. The van der Waals surface area contributed by atoms with Crippen LogP contribution in [0.4, 0.5) is 45.5 Å². The van der Waals surface area contributed by atoms with Crippen molar-refractivity contribution in [2.45, 2.75) is 193 Å². The largest absolute Gasteiger partial charge is 0.330 e. The topological polar surface area (TPSA) is 9.72 Å². The first-order chi connectivity index (χ1) is 38.6. The van der Waals surface area contributed by atoms with Gasteiger partial charge < -0.3 is 14.7 Å². The van der Waals surface area contributed by atoms with Gasteiger partial charge in [-0.2, -0.15) is 0 Å². The number of para-hydroxylation sites is 1. The van der Waals surface area contributed by atoms with Gasteiger partial charge in [0.1, 0.15) is 0 Å². The van der Waals surface area contributed by atoms with E-state index in [1.165, 1.54) is 130 Å². The zero-order chi connectivity index (χ0) is 57.6. The number of aryl methyl sites for hydroxylation is 1. The van der Waals surface area contributed by atoms with Crippen LogP contribution in [0.1, 0.15) is 193 Å². The van der Waals surface area contributed by atoms with Gasteiger partial charge >= 0.3 is 0 Å². The zero-order valence-corrected chi connectivity index (χ0v) is 52.2. The molecule has 0 fully saturated rings. The Hall–Kier alpha value is -6.78. The molecule has 3 nitrogen and oxygen atoms in total. The van der Waals surface area contributed by atoms with Gasteiger partial charge in [-0.25, -0.2) is 0 Å². The minimum absolute atomic E-state index is 0.00476. The lowest BCUT2D eigenvalue weighted by Gasteiger charge is -2.52. The predicted octanol–water partition coefficient (Wildman–Crippen LogP) is 19.0. The van der Waals surface area contributed by atoms with Crippen molar-refractivity contribution < 1.29 is 0 Å². The van der Waals surface area contributed by atoms with Gasteiger partial charge in [-0.15, -0.1) is 0 Å². The van der Waals surface area contributed by atoms with Gasteiger partial charge in [0.15, 0.2) is 0 Å². The fourth-order valence-corrected chi connectivity index (χ4v) is 16.6. The van der Waals surface area contributed by atoms with Crippen LogP contribution in [0.3, 0.4) is 0 Å². The van der Waals surface area contributed by atoms with Crippen LogP contribution in [-0.2, 0) is 49.9 Å². The maximum atomic E-state index is 2.84. The summed E-state index contributed by atoms with van der Waals surface area (Å²) in [6, 6.07) is 63.4. The van der Waals surface area contributed by atoms with Crippen molar-refractivity contribution in [3.63, 3.8) is 0 Å². The maximum absolute atomic E-state index is 2.84. The molecule has 2 atom stereocenters. The Balaban J connectivity index is 1.15.